The average Bonchev–Trinajstić information content (AvgIpc) is 3.00. The predicted octanol–water partition coefficient (Wildman–Crippen LogP) is 1.56. The predicted molar refractivity (Wildman–Crippen MR) is 68.0 cm³/mol. The summed E-state index contributed by atoms with van der Waals surface area (Å²) >= 11 is 4.93. The molecular weight excluding hydrogens is 220 g/mol. The van der Waals surface area contributed by atoms with Crippen LogP contribution in [0.4, 0.5) is 0 Å². The summed E-state index contributed by atoms with van der Waals surface area (Å²) in [7, 11) is 1.82. The van der Waals surface area contributed by atoms with E-state index in [1.165, 1.54) is 25.7 Å². The van der Waals surface area contributed by atoms with Crippen LogP contribution >= 0.6 is 12.2 Å². The van der Waals surface area contributed by atoms with Crippen LogP contribution in [0.2, 0.25) is 0 Å². The Balaban J connectivity index is 1.96. The molecule has 2 fully saturated rings. The summed E-state index contributed by atoms with van der Waals surface area (Å²) in [5.74, 6) is 1.82. The Hall–Kier alpha value is -0.640. The summed E-state index contributed by atoms with van der Waals surface area (Å²) in [5, 5.41) is 0. The number of nitrogens with two attached hydrogens (primary N) is 1. The fourth-order valence-corrected chi connectivity index (χ4v) is 3.13. The topological polar surface area (TPSA) is 46.3 Å². The lowest BCUT2D eigenvalue weighted by Crippen LogP contribution is -2.43. The highest BCUT2D eigenvalue weighted by Crippen LogP contribution is 2.56. The van der Waals surface area contributed by atoms with Gasteiger partial charge in [0.05, 0.1) is 11.0 Å². The van der Waals surface area contributed by atoms with Gasteiger partial charge in [0.25, 0.3) is 0 Å². The van der Waals surface area contributed by atoms with Gasteiger partial charge in [0.15, 0.2) is 0 Å². The quantitative estimate of drug-likeness (QED) is 0.761. The maximum absolute atomic E-state index is 12.2. The number of hydrogen-bond acceptors (Lipinski definition) is 2. The lowest BCUT2D eigenvalue weighted by Gasteiger charge is -2.24. The van der Waals surface area contributed by atoms with Gasteiger partial charge in [0.1, 0.15) is 0 Å². The Bertz CT molecular complexity index is 306. The Morgan fingerprint density at radius 2 is 1.88 bits per heavy atom. The van der Waals surface area contributed by atoms with Crippen LogP contribution in [0.1, 0.15) is 32.6 Å². The third-order valence-corrected chi connectivity index (χ3v) is 4.62. The summed E-state index contributed by atoms with van der Waals surface area (Å²) in [6.07, 6.45) is 5.05. The van der Waals surface area contributed by atoms with Crippen molar-refractivity contribution in [1.82, 2.24) is 4.90 Å². The van der Waals surface area contributed by atoms with Crippen LogP contribution in [-0.2, 0) is 4.79 Å². The summed E-state index contributed by atoms with van der Waals surface area (Å²) in [4.78, 5) is 14.4. The molecule has 0 heterocycles. The highest BCUT2D eigenvalue weighted by Gasteiger charge is 2.55. The molecule has 0 radical (unpaired) electrons. The first-order chi connectivity index (χ1) is 7.54. The number of fused-ring (bicyclic) bond motifs is 1. The number of hydrogen-bond donors (Lipinski definition) is 1. The minimum absolute atomic E-state index is 0.120. The van der Waals surface area contributed by atoms with Gasteiger partial charge in [0, 0.05) is 13.0 Å². The van der Waals surface area contributed by atoms with E-state index in [9.17, 15) is 4.79 Å². The van der Waals surface area contributed by atoms with Crippen molar-refractivity contribution in [2.45, 2.75) is 38.6 Å². The Kier molecular flexibility index (Phi) is 3.19. The molecule has 2 N–H and O–H groups in total. The van der Waals surface area contributed by atoms with Crippen molar-refractivity contribution in [1.29, 1.82) is 0 Å². The second-order valence-electron chi connectivity index (χ2n) is 5.17. The molecule has 16 heavy (non-hydrogen) atoms. The molecule has 3 atom stereocenters. The molecular formula is C12H20N2OS. The third kappa shape index (κ3) is 1.95. The van der Waals surface area contributed by atoms with E-state index in [1.807, 2.05) is 14.0 Å². The Labute approximate surface area is 102 Å². The maximum Gasteiger partial charge on any atom is 0.226 e. The van der Waals surface area contributed by atoms with E-state index in [0.717, 1.165) is 0 Å². The van der Waals surface area contributed by atoms with Crippen LogP contribution in [-0.4, -0.2) is 28.9 Å². The zero-order valence-electron chi connectivity index (χ0n) is 9.98. The maximum atomic E-state index is 12.2. The molecule has 90 valence electrons. The van der Waals surface area contributed by atoms with Gasteiger partial charge >= 0.3 is 0 Å². The van der Waals surface area contributed by atoms with Crippen LogP contribution in [0.5, 0.6) is 0 Å². The van der Waals surface area contributed by atoms with Crippen molar-refractivity contribution < 1.29 is 4.79 Å². The zero-order chi connectivity index (χ0) is 11.9. The number of nitrogens with zero attached hydrogens (tertiary/aromatic N) is 1. The van der Waals surface area contributed by atoms with Crippen molar-refractivity contribution in [3.63, 3.8) is 0 Å². The molecule has 0 aliphatic heterocycles. The lowest BCUT2D eigenvalue weighted by atomic mass is 10.0. The minimum atomic E-state index is -0.120. The molecule has 2 aliphatic rings. The molecule has 2 rings (SSSR count). The smallest absolute Gasteiger partial charge is 0.226 e. The number of likely N-dealkylation sites (N-methyl/N-ethyl adjacent to an activating group) is 1. The monoisotopic (exact) mass is 240 g/mol. The SMILES string of the molecule is CC(C(N)=S)N(C)C(=O)C1C2CCCCC21. The largest absolute Gasteiger partial charge is 0.392 e. The molecule has 3 unspecified atom stereocenters. The van der Waals surface area contributed by atoms with E-state index in [-0.39, 0.29) is 17.9 Å². The van der Waals surface area contributed by atoms with E-state index >= 15 is 0 Å². The molecule has 0 aromatic rings. The van der Waals surface area contributed by atoms with Crippen LogP contribution in [0, 0.1) is 17.8 Å². The first kappa shape index (κ1) is 11.8. The van der Waals surface area contributed by atoms with E-state index < -0.39 is 0 Å². The summed E-state index contributed by atoms with van der Waals surface area (Å²) < 4.78 is 0. The normalized spacial score (nSPS) is 33.8. The van der Waals surface area contributed by atoms with E-state index in [1.54, 1.807) is 4.90 Å². The second kappa shape index (κ2) is 4.32. The van der Waals surface area contributed by atoms with Crippen LogP contribution in [0.15, 0.2) is 0 Å². The first-order valence-electron chi connectivity index (χ1n) is 6.10. The van der Waals surface area contributed by atoms with Gasteiger partial charge in [-0.2, -0.15) is 0 Å². The number of amides is 1. The Morgan fingerprint density at radius 3 is 2.31 bits per heavy atom. The van der Waals surface area contributed by atoms with Crippen LogP contribution in [0.3, 0.4) is 0 Å². The number of carbonyl (C=O) groups excluding carboxylic acids is 1. The van der Waals surface area contributed by atoms with Crippen molar-refractivity contribution in [2.75, 3.05) is 7.05 Å². The van der Waals surface area contributed by atoms with Crippen molar-refractivity contribution >= 4 is 23.1 Å². The molecule has 3 nitrogen and oxygen atoms in total. The Morgan fingerprint density at radius 1 is 1.38 bits per heavy atom. The van der Waals surface area contributed by atoms with E-state index in [0.29, 0.717) is 16.8 Å². The van der Waals surface area contributed by atoms with E-state index in [2.05, 4.69) is 0 Å². The van der Waals surface area contributed by atoms with Gasteiger partial charge < -0.3 is 10.6 Å². The first-order valence-corrected chi connectivity index (χ1v) is 6.51. The van der Waals surface area contributed by atoms with Gasteiger partial charge in [-0.25, -0.2) is 0 Å². The molecule has 2 saturated carbocycles. The minimum Gasteiger partial charge on any atom is -0.392 e. The molecule has 2 aliphatic carbocycles. The molecule has 0 aromatic heterocycles. The molecule has 4 heteroatoms. The van der Waals surface area contributed by atoms with Crippen molar-refractivity contribution in [3.05, 3.63) is 0 Å². The number of carbonyl (C=O) groups is 1. The fourth-order valence-electron chi connectivity index (χ4n) is 2.98. The summed E-state index contributed by atoms with van der Waals surface area (Å²) in [6.45, 7) is 1.90. The third-order valence-electron chi connectivity index (χ3n) is 4.28. The van der Waals surface area contributed by atoms with Gasteiger partial charge in [-0.3, -0.25) is 4.79 Å². The summed E-state index contributed by atoms with van der Waals surface area (Å²) in [6, 6.07) is -0.120. The van der Waals surface area contributed by atoms with Crippen molar-refractivity contribution in [3.8, 4) is 0 Å². The van der Waals surface area contributed by atoms with Gasteiger partial charge in [-0.15, -0.1) is 0 Å². The highest BCUT2D eigenvalue weighted by molar-refractivity contribution is 7.80. The average molecular weight is 240 g/mol. The fraction of sp³-hybridized carbons (Fsp3) is 0.833. The number of thiocarbonyl (C=S) groups is 1. The van der Waals surface area contributed by atoms with Crippen LogP contribution in [0.25, 0.3) is 0 Å². The standard InChI is InChI=1S/C12H20N2OS/c1-7(11(13)16)14(2)12(15)10-8-5-3-4-6-9(8)10/h7-10H,3-6H2,1-2H3,(H2,13,16). The van der Waals surface area contributed by atoms with Crippen molar-refractivity contribution in [2.24, 2.45) is 23.5 Å². The molecule has 0 bridgehead atoms. The zero-order valence-corrected chi connectivity index (χ0v) is 10.8. The van der Waals surface area contributed by atoms with Gasteiger partial charge in [0.2, 0.25) is 5.91 Å². The molecule has 0 aromatic carbocycles. The lowest BCUT2D eigenvalue weighted by molar-refractivity contribution is -0.132. The van der Waals surface area contributed by atoms with Crippen LogP contribution < -0.4 is 5.73 Å². The van der Waals surface area contributed by atoms with Gasteiger partial charge in [-0.1, -0.05) is 25.1 Å². The van der Waals surface area contributed by atoms with Gasteiger partial charge in [-0.05, 0) is 31.6 Å². The number of rotatable bonds is 3. The molecule has 1 amide bonds. The molecule has 0 saturated heterocycles. The molecule has 0 spiro atoms. The van der Waals surface area contributed by atoms with E-state index in [4.69, 9.17) is 18.0 Å². The second-order valence-corrected chi connectivity index (χ2v) is 5.64. The highest BCUT2D eigenvalue weighted by atomic mass is 32.1. The summed E-state index contributed by atoms with van der Waals surface area (Å²) in [5.41, 5.74) is 5.58.